The van der Waals surface area contributed by atoms with Crippen LogP contribution in [0.2, 0.25) is 0 Å². The number of benzene rings is 1. The third kappa shape index (κ3) is 1.72. The summed E-state index contributed by atoms with van der Waals surface area (Å²) >= 11 is 0. The van der Waals surface area contributed by atoms with Crippen molar-refractivity contribution in [3.8, 4) is 0 Å². The highest BCUT2D eigenvalue weighted by Crippen LogP contribution is 2.49. The zero-order valence-corrected chi connectivity index (χ0v) is 10.3. The van der Waals surface area contributed by atoms with Crippen LogP contribution in [0, 0.1) is 17.8 Å². The predicted octanol–water partition coefficient (Wildman–Crippen LogP) is 3.02. The Kier molecular flexibility index (Phi) is 2.29. The lowest BCUT2D eigenvalue weighted by Crippen LogP contribution is -2.57. The number of rotatable bonds is 2. The summed E-state index contributed by atoms with van der Waals surface area (Å²) in [5.74, 6) is 2.86. The number of hydrogen-bond donors (Lipinski definition) is 0. The van der Waals surface area contributed by atoms with Gasteiger partial charge < -0.3 is 0 Å². The van der Waals surface area contributed by atoms with Crippen molar-refractivity contribution in [3.05, 3.63) is 35.9 Å². The van der Waals surface area contributed by atoms with E-state index in [1.165, 1.54) is 37.7 Å². The van der Waals surface area contributed by atoms with E-state index >= 15 is 0 Å². The molecule has 0 aromatic heterocycles. The molecule has 4 fully saturated rings. The molecule has 1 radical (unpaired) electrons. The van der Waals surface area contributed by atoms with E-state index in [9.17, 15) is 0 Å². The molecule has 89 valence electrons. The van der Waals surface area contributed by atoms with Crippen molar-refractivity contribution < 1.29 is 0 Å². The number of hydrogen-bond acceptors (Lipinski definition) is 0. The summed E-state index contributed by atoms with van der Waals surface area (Å²) in [6.07, 6.45) is 6.96. The van der Waals surface area contributed by atoms with Crippen molar-refractivity contribution in [2.75, 3.05) is 0 Å². The number of nitrogens with zero attached hydrogens (tertiary/aromatic N) is 1. The van der Waals surface area contributed by atoms with Crippen LogP contribution in [0.4, 0.5) is 0 Å². The third-order valence-electron chi connectivity index (χ3n) is 5.21. The van der Waals surface area contributed by atoms with Crippen LogP contribution in [0.3, 0.4) is 0 Å². The van der Waals surface area contributed by atoms with Gasteiger partial charge in [-0.15, -0.1) is 0 Å². The van der Waals surface area contributed by atoms with Crippen LogP contribution in [0.15, 0.2) is 30.3 Å². The summed E-state index contributed by atoms with van der Waals surface area (Å²) in [6.45, 7) is 0. The van der Waals surface area contributed by atoms with Gasteiger partial charge in [0.25, 0.3) is 0 Å². The molecule has 1 aromatic rings. The standard InChI is InChI=1S/C16H20N/c1-2-4-11(5-3-1)8-15-13-6-12-7-14(10-13)17-16(15)9-12/h1-5,12-16H,6-10H2. The summed E-state index contributed by atoms with van der Waals surface area (Å²) < 4.78 is 0. The molecule has 0 N–H and O–H groups in total. The van der Waals surface area contributed by atoms with Crippen LogP contribution in [0.5, 0.6) is 0 Å². The van der Waals surface area contributed by atoms with Crippen LogP contribution in [-0.2, 0) is 6.42 Å². The summed E-state index contributed by atoms with van der Waals surface area (Å²) in [5, 5.41) is 5.05. The molecule has 1 heteroatoms. The molecule has 1 aromatic carbocycles. The number of piperidine rings is 2. The van der Waals surface area contributed by atoms with Crippen LogP contribution in [0.25, 0.3) is 0 Å². The molecular formula is C16H20N. The van der Waals surface area contributed by atoms with Crippen LogP contribution in [-0.4, -0.2) is 12.1 Å². The molecule has 1 nitrogen and oxygen atoms in total. The molecule has 5 unspecified atom stereocenters. The van der Waals surface area contributed by atoms with Gasteiger partial charge in [-0.25, -0.2) is 5.32 Å². The van der Waals surface area contributed by atoms with Crippen LogP contribution >= 0.6 is 0 Å². The Bertz CT molecular complexity index is 369. The van der Waals surface area contributed by atoms with E-state index in [0.717, 1.165) is 23.8 Å². The van der Waals surface area contributed by atoms with Gasteiger partial charge in [0.2, 0.25) is 0 Å². The first-order chi connectivity index (χ1) is 8.38. The van der Waals surface area contributed by atoms with E-state index < -0.39 is 0 Å². The molecule has 5 atom stereocenters. The van der Waals surface area contributed by atoms with E-state index in [1.807, 2.05) is 0 Å². The first-order valence-corrected chi connectivity index (χ1v) is 7.12. The molecule has 0 amide bonds. The monoisotopic (exact) mass is 226 g/mol. The van der Waals surface area contributed by atoms with Gasteiger partial charge in [-0.1, -0.05) is 30.3 Å². The van der Waals surface area contributed by atoms with Crippen molar-refractivity contribution in [1.29, 1.82) is 0 Å². The van der Waals surface area contributed by atoms with Crippen molar-refractivity contribution in [2.45, 2.75) is 44.2 Å². The Morgan fingerprint density at radius 3 is 2.65 bits per heavy atom. The van der Waals surface area contributed by atoms with Crippen molar-refractivity contribution in [3.63, 3.8) is 0 Å². The van der Waals surface area contributed by atoms with Gasteiger partial charge in [0.05, 0.1) is 0 Å². The van der Waals surface area contributed by atoms with Gasteiger partial charge in [0.15, 0.2) is 0 Å². The maximum atomic E-state index is 5.05. The lowest BCUT2D eigenvalue weighted by Gasteiger charge is -2.54. The average Bonchev–Trinajstić information content (AvgIpc) is 2.34. The van der Waals surface area contributed by atoms with Crippen LogP contribution < -0.4 is 5.32 Å². The third-order valence-corrected chi connectivity index (χ3v) is 5.21. The molecule has 4 aliphatic rings. The van der Waals surface area contributed by atoms with Crippen LogP contribution in [0.1, 0.15) is 31.2 Å². The van der Waals surface area contributed by atoms with Gasteiger partial charge in [-0.05, 0) is 55.4 Å². The minimum absolute atomic E-state index is 0.700. The molecule has 2 saturated heterocycles. The average molecular weight is 226 g/mol. The minimum atomic E-state index is 0.700. The van der Waals surface area contributed by atoms with Crippen molar-refractivity contribution in [1.82, 2.24) is 5.32 Å². The van der Waals surface area contributed by atoms with Crippen molar-refractivity contribution >= 4 is 0 Å². The summed E-state index contributed by atoms with van der Waals surface area (Å²) in [5.41, 5.74) is 1.51. The normalized spacial score (nSPS) is 42.9. The zero-order valence-electron chi connectivity index (χ0n) is 10.3. The zero-order chi connectivity index (χ0) is 11.2. The van der Waals surface area contributed by atoms with E-state index in [4.69, 9.17) is 5.32 Å². The quantitative estimate of drug-likeness (QED) is 0.736. The van der Waals surface area contributed by atoms with E-state index in [-0.39, 0.29) is 0 Å². The molecule has 4 bridgehead atoms. The lowest BCUT2D eigenvalue weighted by atomic mass is 9.58. The molecule has 2 saturated carbocycles. The Morgan fingerprint density at radius 2 is 1.88 bits per heavy atom. The molecule has 5 rings (SSSR count). The van der Waals surface area contributed by atoms with E-state index in [1.54, 1.807) is 0 Å². The fourth-order valence-electron chi connectivity index (χ4n) is 4.58. The van der Waals surface area contributed by atoms with Gasteiger partial charge in [0, 0.05) is 12.1 Å². The Morgan fingerprint density at radius 1 is 1.00 bits per heavy atom. The maximum absolute atomic E-state index is 5.05. The topological polar surface area (TPSA) is 14.1 Å². The van der Waals surface area contributed by atoms with Crippen molar-refractivity contribution in [2.24, 2.45) is 17.8 Å². The van der Waals surface area contributed by atoms with E-state index in [2.05, 4.69) is 30.3 Å². The fraction of sp³-hybridized carbons (Fsp3) is 0.625. The fourth-order valence-corrected chi connectivity index (χ4v) is 4.58. The highest BCUT2D eigenvalue weighted by Gasteiger charge is 2.48. The van der Waals surface area contributed by atoms with Gasteiger partial charge in [-0.2, -0.15) is 0 Å². The molecule has 2 heterocycles. The lowest BCUT2D eigenvalue weighted by molar-refractivity contribution is 0.000276. The molecule has 2 aliphatic heterocycles. The van der Waals surface area contributed by atoms with Gasteiger partial charge in [0.1, 0.15) is 0 Å². The largest absolute Gasteiger partial charge is 0.235 e. The molecule has 17 heavy (non-hydrogen) atoms. The summed E-state index contributed by atoms with van der Waals surface area (Å²) in [7, 11) is 0. The first-order valence-electron chi connectivity index (χ1n) is 7.12. The second-order valence-electron chi connectivity index (χ2n) is 6.29. The molecule has 0 spiro atoms. The second-order valence-corrected chi connectivity index (χ2v) is 6.29. The Balaban J connectivity index is 1.55. The highest BCUT2D eigenvalue weighted by molar-refractivity contribution is 5.17. The minimum Gasteiger partial charge on any atom is -0.235 e. The van der Waals surface area contributed by atoms with E-state index in [0.29, 0.717) is 6.04 Å². The summed E-state index contributed by atoms with van der Waals surface area (Å²) in [4.78, 5) is 0. The highest BCUT2D eigenvalue weighted by atomic mass is 15.0. The van der Waals surface area contributed by atoms with Gasteiger partial charge in [-0.3, -0.25) is 0 Å². The molecular weight excluding hydrogens is 206 g/mol. The second kappa shape index (κ2) is 3.84. The Hall–Kier alpha value is -0.820. The SMILES string of the molecule is c1ccc(CC2C3CC4CC(C3)[N]C2C4)cc1. The van der Waals surface area contributed by atoms with Gasteiger partial charge >= 0.3 is 0 Å². The first kappa shape index (κ1) is 10.1. The Labute approximate surface area is 104 Å². The smallest absolute Gasteiger partial charge is 0.0285 e. The molecule has 2 aliphatic carbocycles. The predicted molar refractivity (Wildman–Crippen MR) is 68.8 cm³/mol. The maximum Gasteiger partial charge on any atom is 0.0285 e. The summed E-state index contributed by atoms with van der Waals surface area (Å²) in [6, 6.07) is 12.5.